The van der Waals surface area contributed by atoms with Crippen LogP contribution in [0, 0.1) is 0 Å². The Bertz CT molecular complexity index is 1410. The minimum Gasteiger partial charge on any atom is -0.462 e. The molecule has 5 aromatic rings. The number of fused-ring (bicyclic) bond motifs is 2. The van der Waals surface area contributed by atoms with Crippen LogP contribution in [0.5, 0.6) is 0 Å². The molecule has 0 aliphatic rings. The molecule has 4 aromatic carbocycles. The minimum atomic E-state index is -0.317. The van der Waals surface area contributed by atoms with Gasteiger partial charge < -0.3 is 4.74 Å². The Balaban J connectivity index is 1.78. The van der Waals surface area contributed by atoms with Crippen LogP contribution in [0.15, 0.2) is 97.2 Å². The van der Waals surface area contributed by atoms with Gasteiger partial charge in [0.05, 0.1) is 17.9 Å². The van der Waals surface area contributed by atoms with E-state index in [9.17, 15) is 4.79 Å². The molecule has 0 spiro atoms. The summed E-state index contributed by atoms with van der Waals surface area (Å²) in [6.07, 6.45) is 1.78. The van der Waals surface area contributed by atoms with Crippen LogP contribution in [0.2, 0.25) is 0 Å². The Hall–Kier alpha value is -3.98. The van der Waals surface area contributed by atoms with Gasteiger partial charge in [-0.1, -0.05) is 54.6 Å². The van der Waals surface area contributed by atoms with Gasteiger partial charge >= 0.3 is 5.97 Å². The number of benzene rings is 4. The quantitative estimate of drug-likeness (QED) is 0.242. The molecule has 0 saturated heterocycles. The fraction of sp³-hybridized carbons (Fsp3) is 0.0714. The summed E-state index contributed by atoms with van der Waals surface area (Å²) < 4.78 is 5.36. The van der Waals surface area contributed by atoms with Crippen LogP contribution in [0.1, 0.15) is 17.3 Å². The van der Waals surface area contributed by atoms with Crippen molar-refractivity contribution in [3.63, 3.8) is 0 Å². The molecule has 0 N–H and O–H groups in total. The normalized spacial score (nSPS) is 11.0. The molecule has 3 heteroatoms. The molecule has 0 atom stereocenters. The molecule has 0 saturated carbocycles. The fourth-order valence-electron chi connectivity index (χ4n) is 4.05. The van der Waals surface area contributed by atoms with Gasteiger partial charge in [-0.2, -0.15) is 0 Å². The van der Waals surface area contributed by atoms with Crippen LogP contribution in [-0.4, -0.2) is 17.6 Å². The second kappa shape index (κ2) is 8.04. The Morgan fingerprint density at radius 3 is 2.32 bits per heavy atom. The van der Waals surface area contributed by atoms with Gasteiger partial charge in [0.1, 0.15) is 0 Å². The van der Waals surface area contributed by atoms with Gasteiger partial charge in [0.15, 0.2) is 0 Å². The first-order chi connectivity index (χ1) is 15.2. The summed E-state index contributed by atoms with van der Waals surface area (Å²) in [5.74, 6) is -0.317. The maximum absolute atomic E-state index is 12.8. The van der Waals surface area contributed by atoms with E-state index in [1.165, 1.54) is 10.8 Å². The van der Waals surface area contributed by atoms with Gasteiger partial charge in [-0.3, -0.25) is 4.98 Å². The molecule has 5 rings (SSSR count). The number of esters is 1. The van der Waals surface area contributed by atoms with Crippen molar-refractivity contribution >= 4 is 27.5 Å². The number of carbonyl (C=O) groups excluding carboxylic acids is 1. The van der Waals surface area contributed by atoms with Crippen LogP contribution < -0.4 is 0 Å². The molecule has 0 fully saturated rings. The van der Waals surface area contributed by atoms with Crippen LogP contribution in [0.4, 0.5) is 0 Å². The summed E-state index contributed by atoms with van der Waals surface area (Å²) >= 11 is 0. The fourth-order valence-corrected chi connectivity index (χ4v) is 4.05. The average molecular weight is 403 g/mol. The maximum atomic E-state index is 12.8. The maximum Gasteiger partial charge on any atom is 0.338 e. The van der Waals surface area contributed by atoms with Crippen molar-refractivity contribution in [1.82, 2.24) is 4.98 Å². The third kappa shape index (κ3) is 3.55. The van der Waals surface area contributed by atoms with Gasteiger partial charge in [-0.25, -0.2) is 4.79 Å². The topological polar surface area (TPSA) is 39.2 Å². The zero-order valence-electron chi connectivity index (χ0n) is 17.2. The van der Waals surface area contributed by atoms with Crippen LogP contribution in [-0.2, 0) is 4.74 Å². The monoisotopic (exact) mass is 403 g/mol. The zero-order valence-corrected chi connectivity index (χ0v) is 17.2. The molecule has 0 amide bonds. The molecule has 0 aliphatic heterocycles. The standard InChI is InChI=1S/C28H21NO2/c1-2-31-28(30)24-14-13-22(27-12-5-6-15-29-27)18-26(24)23-11-7-10-21-16-19-8-3-4-9-20(19)17-25(21)23/h3-18H,2H2,1H3. The molecule has 31 heavy (non-hydrogen) atoms. The highest BCUT2D eigenvalue weighted by Gasteiger charge is 2.17. The molecule has 0 bridgehead atoms. The van der Waals surface area contributed by atoms with Gasteiger partial charge in [-0.15, -0.1) is 0 Å². The smallest absolute Gasteiger partial charge is 0.338 e. The molecule has 1 aromatic heterocycles. The third-order valence-electron chi connectivity index (χ3n) is 5.51. The summed E-state index contributed by atoms with van der Waals surface area (Å²) in [5.41, 5.74) is 4.24. The lowest BCUT2D eigenvalue weighted by Crippen LogP contribution is -2.07. The number of carbonyl (C=O) groups is 1. The van der Waals surface area contributed by atoms with Crippen LogP contribution in [0.25, 0.3) is 43.9 Å². The lowest BCUT2D eigenvalue weighted by atomic mass is 9.91. The van der Waals surface area contributed by atoms with E-state index in [1.807, 2.05) is 61.5 Å². The summed E-state index contributed by atoms with van der Waals surface area (Å²) in [5, 5.41) is 4.60. The number of hydrogen-bond acceptors (Lipinski definition) is 3. The molecule has 150 valence electrons. The van der Waals surface area contributed by atoms with E-state index in [0.717, 1.165) is 33.2 Å². The highest BCUT2D eigenvalue weighted by Crippen LogP contribution is 2.36. The molecular weight excluding hydrogens is 382 g/mol. The van der Waals surface area contributed by atoms with Crippen molar-refractivity contribution in [1.29, 1.82) is 0 Å². The largest absolute Gasteiger partial charge is 0.462 e. The van der Waals surface area contributed by atoms with Crippen molar-refractivity contribution in [3.05, 3.63) is 103 Å². The van der Waals surface area contributed by atoms with E-state index in [4.69, 9.17) is 4.74 Å². The van der Waals surface area contributed by atoms with Crippen LogP contribution >= 0.6 is 0 Å². The van der Waals surface area contributed by atoms with Gasteiger partial charge in [0.2, 0.25) is 0 Å². The van der Waals surface area contributed by atoms with Crippen molar-refractivity contribution < 1.29 is 9.53 Å². The molecule has 1 heterocycles. The zero-order chi connectivity index (χ0) is 21.2. The Morgan fingerprint density at radius 2 is 1.55 bits per heavy atom. The van der Waals surface area contributed by atoms with E-state index in [2.05, 4.69) is 41.4 Å². The van der Waals surface area contributed by atoms with Gasteiger partial charge in [0, 0.05) is 11.8 Å². The van der Waals surface area contributed by atoms with Crippen molar-refractivity contribution in [2.45, 2.75) is 6.92 Å². The second-order valence-corrected chi connectivity index (χ2v) is 7.42. The minimum absolute atomic E-state index is 0.317. The van der Waals surface area contributed by atoms with E-state index in [0.29, 0.717) is 12.2 Å². The highest BCUT2D eigenvalue weighted by molar-refractivity contribution is 6.08. The van der Waals surface area contributed by atoms with Gasteiger partial charge in [-0.05, 0) is 76.0 Å². The average Bonchev–Trinajstić information content (AvgIpc) is 2.82. The lowest BCUT2D eigenvalue weighted by molar-refractivity contribution is 0.0527. The molecular formula is C28H21NO2. The Kier molecular flexibility index (Phi) is 4.93. The molecule has 0 aliphatic carbocycles. The van der Waals surface area contributed by atoms with Crippen molar-refractivity contribution in [2.24, 2.45) is 0 Å². The van der Waals surface area contributed by atoms with Crippen LogP contribution in [0.3, 0.4) is 0 Å². The summed E-state index contributed by atoms with van der Waals surface area (Å²) in [7, 11) is 0. The number of rotatable bonds is 4. The first kappa shape index (κ1) is 19.0. The molecule has 0 radical (unpaired) electrons. The first-order valence-electron chi connectivity index (χ1n) is 10.4. The summed E-state index contributed by atoms with van der Waals surface area (Å²) in [4.78, 5) is 17.3. The number of pyridine rings is 1. The Labute approximate surface area is 180 Å². The van der Waals surface area contributed by atoms with E-state index < -0.39 is 0 Å². The Morgan fingerprint density at radius 1 is 0.774 bits per heavy atom. The van der Waals surface area contributed by atoms with Crippen molar-refractivity contribution in [3.8, 4) is 22.4 Å². The second-order valence-electron chi connectivity index (χ2n) is 7.42. The SMILES string of the molecule is CCOC(=O)c1ccc(-c2ccccn2)cc1-c1cccc2cc3ccccc3cc12. The number of ether oxygens (including phenoxy) is 1. The number of aromatic nitrogens is 1. The molecule has 3 nitrogen and oxygen atoms in total. The number of hydrogen-bond donors (Lipinski definition) is 0. The molecule has 0 unspecified atom stereocenters. The lowest BCUT2D eigenvalue weighted by Gasteiger charge is -2.14. The predicted molar refractivity (Wildman–Crippen MR) is 126 cm³/mol. The summed E-state index contributed by atoms with van der Waals surface area (Å²) in [6, 6.07) is 30.6. The van der Waals surface area contributed by atoms with Crippen molar-refractivity contribution in [2.75, 3.05) is 6.61 Å². The first-order valence-corrected chi connectivity index (χ1v) is 10.4. The highest BCUT2D eigenvalue weighted by atomic mass is 16.5. The van der Waals surface area contributed by atoms with E-state index in [-0.39, 0.29) is 5.97 Å². The van der Waals surface area contributed by atoms with Gasteiger partial charge in [0.25, 0.3) is 0 Å². The van der Waals surface area contributed by atoms with E-state index >= 15 is 0 Å². The third-order valence-corrected chi connectivity index (χ3v) is 5.51. The predicted octanol–water partition coefficient (Wildman–Crippen LogP) is 6.90. The van der Waals surface area contributed by atoms with E-state index in [1.54, 1.807) is 6.20 Å². The number of nitrogens with zero attached hydrogens (tertiary/aromatic N) is 1. The summed E-state index contributed by atoms with van der Waals surface area (Å²) in [6.45, 7) is 2.16.